The van der Waals surface area contributed by atoms with Gasteiger partial charge in [0.05, 0.1) is 0 Å². The first-order chi connectivity index (χ1) is 10.2. The lowest BCUT2D eigenvalue weighted by Gasteiger charge is -2.35. The van der Waals surface area contributed by atoms with Crippen molar-refractivity contribution in [3.05, 3.63) is 0 Å². The molecule has 7 nitrogen and oxygen atoms in total. The predicted molar refractivity (Wildman–Crippen MR) is 82.3 cm³/mol. The summed E-state index contributed by atoms with van der Waals surface area (Å²) in [4.78, 5) is 39.0. The van der Waals surface area contributed by atoms with E-state index >= 15 is 0 Å². The zero-order valence-electron chi connectivity index (χ0n) is 14.1. The first-order valence-electron chi connectivity index (χ1n) is 7.61. The van der Waals surface area contributed by atoms with Gasteiger partial charge < -0.3 is 19.9 Å². The van der Waals surface area contributed by atoms with E-state index in [4.69, 9.17) is 4.74 Å². The molecule has 22 heavy (non-hydrogen) atoms. The number of piperidine rings is 1. The smallest absolute Gasteiger partial charge is 0.410 e. The van der Waals surface area contributed by atoms with Gasteiger partial charge in [0, 0.05) is 20.6 Å². The van der Waals surface area contributed by atoms with E-state index in [-0.39, 0.29) is 18.4 Å². The van der Waals surface area contributed by atoms with Gasteiger partial charge in [-0.15, -0.1) is 0 Å². The van der Waals surface area contributed by atoms with Crippen LogP contribution in [0.5, 0.6) is 0 Å². The summed E-state index contributed by atoms with van der Waals surface area (Å²) in [5, 5.41) is 2.59. The van der Waals surface area contributed by atoms with Crippen LogP contribution in [0.15, 0.2) is 0 Å². The van der Waals surface area contributed by atoms with Crippen LogP contribution in [-0.4, -0.2) is 66.5 Å². The van der Waals surface area contributed by atoms with E-state index in [1.54, 1.807) is 32.7 Å². The maximum Gasteiger partial charge on any atom is 0.410 e. The van der Waals surface area contributed by atoms with Crippen LogP contribution in [0.1, 0.15) is 40.0 Å². The Morgan fingerprint density at radius 1 is 1.27 bits per heavy atom. The van der Waals surface area contributed by atoms with Crippen molar-refractivity contribution in [1.82, 2.24) is 15.1 Å². The van der Waals surface area contributed by atoms with E-state index in [0.29, 0.717) is 13.0 Å². The third-order valence-corrected chi connectivity index (χ3v) is 3.45. The topological polar surface area (TPSA) is 79.0 Å². The van der Waals surface area contributed by atoms with Crippen molar-refractivity contribution in [2.75, 3.05) is 27.2 Å². The van der Waals surface area contributed by atoms with Gasteiger partial charge >= 0.3 is 6.09 Å². The largest absolute Gasteiger partial charge is 0.444 e. The second-order valence-corrected chi connectivity index (χ2v) is 6.55. The summed E-state index contributed by atoms with van der Waals surface area (Å²) < 4.78 is 5.22. The number of nitrogens with one attached hydrogen (secondary N) is 1. The molecule has 0 spiro atoms. The highest BCUT2D eigenvalue weighted by Crippen LogP contribution is 2.18. The maximum atomic E-state index is 12.4. The minimum absolute atomic E-state index is 0.0948. The number of ether oxygens (including phenoxy) is 1. The molecule has 0 aliphatic carbocycles. The van der Waals surface area contributed by atoms with E-state index in [1.165, 1.54) is 11.9 Å². The summed E-state index contributed by atoms with van der Waals surface area (Å²) >= 11 is 0. The molecule has 0 aromatic rings. The Kier molecular flexibility index (Phi) is 6.20. The summed E-state index contributed by atoms with van der Waals surface area (Å²) in [6, 6.07) is -0.446. The van der Waals surface area contributed by atoms with E-state index < -0.39 is 17.7 Å². The van der Waals surface area contributed by atoms with Gasteiger partial charge in [0.2, 0.25) is 11.8 Å². The molecule has 0 bridgehead atoms. The quantitative estimate of drug-likeness (QED) is 0.842. The molecule has 1 fully saturated rings. The highest BCUT2D eigenvalue weighted by atomic mass is 16.6. The van der Waals surface area contributed by atoms with Gasteiger partial charge in [-0.3, -0.25) is 9.59 Å². The van der Waals surface area contributed by atoms with Crippen molar-refractivity contribution < 1.29 is 19.1 Å². The van der Waals surface area contributed by atoms with Gasteiger partial charge in [0.1, 0.15) is 18.2 Å². The molecule has 0 aromatic carbocycles. The number of amides is 3. The molecule has 7 heteroatoms. The Hall–Kier alpha value is -1.79. The second-order valence-electron chi connectivity index (χ2n) is 6.55. The zero-order chi connectivity index (χ0) is 16.9. The Bertz CT molecular complexity index is 431. The number of hydrogen-bond donors (Lipinski definition) is 1. The number of likely N-dealkylation sites (tertiary alicyclic amines) is 1. The predicted octanol–water partition coefficient (Wildman–Crippen LogP) is 0.980. The number of nitrogens with zero attached hydrogens (tertiary/aromatic N) is 2. The molecule has 1 aliphatic rings. The third kappa shape index (κ3) is 5.20. The van der Waals surface area contributed by atoms with Gasteiger partial charge in [-0.05, 0) is 40.0 Å². The molecular weight excluding hydrogens is 286 g/mol. The Balaban J connectivity index is 2.65. The average Bonchev–Trinajstić information content (AvgIpc) is 2.44. The van der Waals surface area contributed by atoms with E-state index in [2.05, 4.69) is 5.32 Å². The van der Waals surface area contributed by atoms with E-state index in [1.807, 2.05) is 0 Å². The second kappa shape index (κ2) is 7.47. The number of hydrogen-bond acceptors (Lipinski definition) is 4. The molecule has 0 unspecified atom stereocenters. The maximum absolute atomic E-state index is 12.4. The molecule has 1 saturated heterocycles. The van der Waals surface area contributed by atoms with Crippen molar-refractivity contribution in [3.8, 4) is 0 Å². The summed E-state index contributed by atoms with van der Waals surface area (Å²) in [7, 11) is 3.08. The molecule has 0 radical (unpaired) electrons. The molecule has 126 valence electrons. The number of carbonyl (C=O) groups is 3. The molecule has 1 rings (SSSR count). The van der Waals surface area contributed by atoms with Crippen LogP contribution >= 0.6 is 0 Å². The van der Waals surface area contributed by atoms with Crippen LogP contribution in [0.25, 0.3) is 0 Å². The van der Waals surface area contributed by atoms with Crippen LogP contribution in [0.3, 0.4) is 0 Å². The van der Waals surface area contributed by atoms with Crippen molar-refractivity contribution >= 4 is 17.9 Å². The van der Waals surface area contributed by atoms with Gasteiger partial charge in [-0.2, -0.15) is 0 Å². The van der Waals surface area contributed by atoms with Crippen molar-refractivity contribution in [1.29, 1.82) is 0 Å². The average molecular weight is 313 g/mol. The normalized spacial score (nSPS) is 18.6. The van der Waals surface area contributed by atoms with Gasteiger partial charge in [0.25, 0.3) is 0 Å². The highest BCUT2D eigenvalue weighted by Gasteiger charge is 2.32. The fourth-order valence-electron chi connectivity index (χ4n) is 2.37. The van der Waals surface area contributed by atoms with Gasteiger partial charge in [-0.1, -0.05) is 0 Å². The van der Waals surface area contributed by atoms with E-state index in [0.717, 1.165) is 12.8 Å². The Morgan fingerprint density at radius 2 is 1.91 bits per heavy atom. The molecular formula is C15H27N3O4. The van der Waals surface area contributed by atoms with Crippen LogP contribution in [0.2, 0.25) is 0 Å². The molecule has 0 aromatic heterocycles. The molecule has 3 amide bonds. The SMILES string of the molecule is CNC(=O)[C@@H]1CCCCN1C(=O)CN(C)C(=O)OC(C)(C)C. The zero-order valence-corrected chi connectivity index (χ0v) is 14.1. The fourth-order valence-corrected chi connectivity index (χ4v) is 2.37. The number of likely N-dealkylation sites (N-methyl/N-ethyl adjacent to an activating group) is 2. The lowest BCUT2D eigenvalue weighted by molar-refractivity contribution is -0.142. The summed E-state index contributed by atoms with van der Waals surface area (Å²) in [5.74, 6) is -0.394. The van der Waals surface area contributed by atoms with Crippen LogP contribution in [0, 0.1) is 0 Å². The standard InChI is InChI=1S/C15H27N3O4/c1-15(2,3)22-14(21)17(5)10-12(19)18-9-7-6-8-11(18)13(20)16-4/h11H,6-10H2,1-5H3,(H,16,20)/t11-/m0/s1. The van der Waals surface area contributed by atoms with Crippen LogP contribution < -0.4 is 5.32 Å². The minimum Gasteiger partial charge on any atom is -0.444 e. The lowest BCUT2D eigenvalue weighted by atomic mass is 10.0. The summed E-state index contributed by atoms with van der Waals surface area (Å²) in [6.07, 6.45) is 1.90. The Morgan fingerprint density at radius 3 is 2.45 bits per heavy atom. The minimum atomic E-state index is -0.607. The van der Waals surface area contributed by atoms with Crippen LogP contribution in [0.4, 0.5) is 4.79 Å². The monoisotopic (exact) mass is 313 g/mol. The van der Waals surface area contributed by atoms with Gasteiger partial charge in [-0.25, -0.2) is 4.79 Å². The van der Waals surface area contributed by atoms with Crippen molar-refractivity contribution in [2.45, 2.75) is 51.7 Å². The first-order valence-corrected chi connectivity index (χ1v) is 7.61. The molecule has 1 atom stereocenters. The van der Waals surface area contributed by atoms with E-state index in [9.17, 15) is 14.4 Å². The number of carbonyl (C=O) groups excluding carboxylic acids is 3. The first kappa shape index (κ1) is 18.3. The third-order valence-electron chi connectivity index (χ3n) is 3.45. The number of rotatable bonds is 3. The molecule has 1 N–H and O–H groups in total. The molecule has 1 heterocycles. The fraction of sp³-hybridized carbons (Fsp3) is 0.800. The van der Waals surface area contributed by atoms with Crippen LogP contribution in [-0.2, 0) is 14.3 Å². The van der Waals surface area contributed by atoms with Crippen molar-refractivity contribution in [2.24, 2.45) is 0 Å². The summed E-state index contributed by atoms with van der Waals surface area (Å²) in [6.45, 7) is 5.76. The highest BCUT2D eigenvalue weighted by molar-refractivity contribution is 5.89. The Labute approximate surface area is 132 Å². The van der Waals surface area contributed by atoms with Crippen molar-refractivity contribution in [3.63, 3.8) is 0 Å². The summed E-state index contributed by atoms with van der Waals surface area (Å²) in [5.41, 5.74) is -0.607. The molecule has 0 saturated carbocycles. The van der Waals surface area contributed by atoms with Gasteiger partial charge in [0.15, 0.2) is 0 Å². The molecule has 1 aliphatic heterocycles. The lowest BCUT2D eigenvalue weighted by Crippen LogP contribution is -2.54.